The van der Waals surface area contributed by atoms with Crippen molar-refractivity contribution in [2.75, 3.05) is 13.1 Å². The van der Waals surface area contributed by atoms with Gasteiger partial charge in [-0.1, -0.05) is 29.8 Å². The number of aromatic nitrogens is 4. The summed E-state index contributed by atoms with van der Waals surface area (Å²) in [4.78, 5) is 12.2. The molecular weight excluding hydrogens is 396 g/mol. The minimum Gasteiger partial charge on any atom is -0.340 e. The molecule has 1 aromatic carbocycles. The van der Waals surface area contributed by atoms with Gasteiger partial charge in [0.05, 0.1) is 12.7 Å². The second-order valence-electron chi connectivity index (χ2n) is 7.36. The summed E-state index contributed by atoms with van der Waals surface area (Å²) in [5.41, 5.74) is 5.03. The van der Waals surface area contributed by atoms with Crippen molar-refractivity contribution < 1.29 is 0 Å². The molecule has 6 nitrogen and oxygen atoms in total. The van der Waals surface area contributed by atoms with Crippen LogP contribution in [0.15, 0.2) is 60.0 Å². The maximum atomic E-state index is 5.97. The van der Waals surface area contributed by atoms with Crippen molar-refractivity contribution in [3.05, 3.63) is 82.7 Å². The summed E-state index contributed by atoms with van der Waals surface area (Å²) in [5.74, 6) is 1.21. The summed E-state index contributed by atoms with van der Waals surface area (Å²) in [6.45, 7) is 8.45. The second kappa shape index (κ2) is 9.24. The van der Waals surface area contributed by atoms with Gasteiger partial charge >= 0.3 is 0 Å². The Labute approximate surface area is 181 Å². The second-order valence-corrected chi connectivity index (χ2v) is 7.80. The molecule has 2 aromatic heterocycles. The van der Waals surface area contributed by atoms with Crippen molar-refractivity contribution in [2.45, 2.75) is 25.8 Å². The number of hydrogen-bond acceptors (Lipinski definition) is 4. The first-order valence-electron chi connectivity index (χ1n) is 10.0. The van der Waals surface area contributed by atoms with Crippen LogP contribution in [0.4, 0.5) is 0 Å². The fraction of sp³-hybridized carbons (Fsp3) is 0.261. The first kappa shape index (κ1) is 20.3. The zero-order valence-corrected chi connectivity index (χ0v) is 17.7. The molecule has 1 unspecified atom stereocenters. The third-order valence-corrected chi connectivity index (χ3v) is 5.59. The van der Waals surface area contributed by atoms with Crippen molar-refractivity contribution in [1.29, 1.82) is 0 Å². The molecule has 3 heterocycles. The summed E-state index contributed by atoms with van der Waals surface area (Å²) in [7, 11) is 0. The Kier molecular flexibility index (Phi) is 6.26. The normalized spacial score (nSPS) is 17.5. The van der Waals surface area contributed by atoms with Crippen LogP contribution in [0.2, 0.25) is 5.02 Å². The Bertz CT molecular complexity index is 1070. The molecule has 0 saturated carbocycles. The fourth-order valence-electron chi connectivity index (χ4n) is 3.64. The molecule has 1 aliphatic rings. The average Bonchev–Trinajstić information content (AvgIpc) is 3.52. The van der Waals surface area contributed by atoms with E-state index in [-0.39, 0.29) is 0 Å². The number of halogens is 1. The standard InChI is InChI=1S/C23H25ClN6/c1-3-17(19-12-28-30(15-19)14-16-4-6-20(24)7-5-16)10-21(25-2)23-27-13-22(29-23)18-8-9-26-11-18/h3-7,10,12-13,15,18,26H,2,8-9,11,14H2,1H3,(H,27,29)/b17-3+,21-10-. The Hall–Kier alpha value is -2.96. The number of benzene rings is 1. The Morgan fingerprint density at radius 3 is 2.87 bits per heavy atom. The molecule has 3 aromatic rings. The van der Waals surface area contributed by atoms with Crippen LogP contribution < -0.4 is 5.32 Å². The van der Waals surface area contributed by atoms with Gasteiger partial charge in [0.15, 0.2) is 5.82 Å². The van der Waals surface area contributed by atoms with Gasteiger partial charge in [-0.15, -0.1) is 0 Å². The summed E-state index contributed by atoms with van der Waals surface area (Å²) >= 11 is 5.97. The van der Waals surface area contributed by atoms with Gasteiger partial charge in [0.1, 0.15) is 5.70 Å². The van der Waals surface area contributed by atoms with Gasteiger partial charge in [0, 0.05) is 41.1 Å². The molecule has 0 bridgehead atoms. The first-order valence-corrected chi connectivity index (χ1v) is 10.4. The van der Waals surface area contributed by atoms with Crippen molar-refractivity contribution in [3.8, 4) is 0 Å². The highest BCUT2D eigenvalue weighted by molar-refractivity contribution is 6.30. The molecule has 0 aliphatic carbocycles. The van der Waals surface area contributed by atoms with Crippen molar-refractivity contribution >= 4 is 29.6 Å². The van der Waals surface area contributed by atoms with Gasteiger partial charge in [-0.05, 0) is 56.0 Å². The highest BCUT2D eigenvalue weighted by atomic mass is 35.5. The van der Waals surface area contributed by atoms with Gasteiger partial charge in [0.25, 0.3) is 0 Å². The lowest BCUT2D eigenvalue weighted by atomic mass is 10.1. The number of hydrogen-bond donors (Lipinski definition) is 2. The fourth-order valence-corrected chi connectivity index (χ4v) is 3.76. The van der Waals surface area contributed by atoms with Crippen LogP contribution in [0.5, 0.6) is 0 Å². The van der Waals surface area contributed by atoms with E-state index in [0.29, 0.717) is 18.2 Å². The monoisotopic (exact) mass is 420 g/mol. The van der Waals surface area contributed by atoms with Crippen LogP contribution in [0, 0.1) is 0 Å². The van der Waals surface area contributed by atoms with Crippen LogP contribution >= 0.6 is 11.6 Å². The molecular formula is C23H25ClN6. The molecule has 1 fully saturated rings. The third-order valence-electron chi connectivity index (χ3n) is 5.34. The maximum absolute atomic E-state index is 5.97. The van der Waals surface area contributed by atoms with Crippen LogP contribution in [-0.4, -0.2) is 39.6 Å². The largest absolute Gasteiger partial charge is 0.340 e. The van der Waals surface area contributed by atoms with E-state index in [2.05, 4.69) is 32.1 Å². The quantitative estimate of drug-likeness (QED) is 0.435. The highest BCUT2D eigenvalue weighted by Crippen LogP contribution is 2.25. The molecule has 0 radical (unpaired) electrons. The lowest BCUT2D eigenvalue weighted by Gasteiger charge is -2.04. The van der Waals surface area contributed by atoms with Gasteiger partial charge in [-0.25, -0.2) is 4.98 Å². The minimum atomic E-state index is 0.476. The number of aromatic amines is 1. The summed E-state index contributed by atoms with van der Waals surface area (Å²) in [6.07, 6.45) is 10.9. The van der Waals surface area contributed by atoms with Gasteiger partial charge in [0.2, 0.25) is 0 Å². The zero-order valence-electron chi connectivity index (χ0n) is 17.0. The zero-order chi connectivity index (χ0) is 20.9. The average molecular weight is 421 g/mol. The van der Waals surface area contributed by atoms with Gasteiger partial charge < -0.3 is 10.3 Å². The van der Waals surface area contributed by atoms with Crippen LogP contribution in [0.25, 0.3) is 11.3 Å². The molecule has 154 valence electrons. The van der Waals surface area contributed by atoms with Gasteiger partial charge in [-0.3, -0.25) is 9.67 Å². The number of rotatable bonds is 7. The van der Waals surface area contributed by atoms with E-state index < -0.39 is 0 Å². The number of H-pyrrole nitrogens is 1. The van der Waals surface area contributed by atoms with Crippen molar-refractivity contribution in [1.82, 2.24) is 25.1 Å². The van der Waals surface area contributed by atoms with Gasteiger partial charge in [-0.2, -0.15) is 5.10 Å². The number of nitrogens with zero attached hydrogens (tertiary/aromatic N) is 4. The SMILES string of the molecule is C=N/C(=C\C(=C/C)c1cnn(Cc2ccc(Cl)cc2)c1)c1ncc(C2CCNC2)[nH]1. The topological polar surface area (TPSA) is 70.9 Å². The third kappa shape index (κ3) is 4.61. The maximum Gasteiger partial charge on any atom is 0.156 e. The van der Waals surface area contributed by atoms with E-state index in [1.165, 1.54) is 0 Å². The van der Waals surface area contributed by atoms with E-state index >= 15 is 0 Å². The summed E-state index contributed by atoms with van der Waals surface area (Å²) in [6, 6.07) is 7.80. The van der Waals surface area contributed by atoms with Crippen molar-refractivity contribution in [3.63, 3.8) is 0 Å². The summed E-state index contributed by atoms with van der Waals surface area (Å²) in [5, 5.41) is 8.62. The van der Waals surface area contributed by atoms with Crippen LogP contribution in [0.3, 0.4) is 0 Å². The molecule has 30 heavy (non-hydrogen) atoms. The molecule has 0 spiro atoms. The molecule has 4 rings (SSSR count). The minimum absolute atomic E-state index is 0.476. The van der Waals surface area contributed by atoms with Crippen LogP contribution in [-0.2, 0) is 6.54 Å². The highest BCUT2D eigenvalue weighted by Gasteiger charge is 2.19. The number of nitrogens with one attached hydrogen (secondary N) is 2. The van der Waals surface area contributed by atoms with Crippen LogP contribution in [0.1, 0.15) is 41.9 Å². The van der Waals surface area contributed by atoms with E-state index in [0.717, 1.165) is 52.8 Å². The number of allylic oxidation sites excluding steroid dienone is 3. The van der Waals surface area contributed by atoms with E-state index in [1.54, 1.807) is 0 Å². The number of imidazole rings is 1. The molecule has 2 N–H and O–H groups in total. The Balaban J connectivity index is 1.53. The molecule has 1 saturated heterocycles. The lowest BCUT2D eigenvalue weighted by Crippen LogP contribution is -2.08. The van der Waals surface area contributed by atoms with E-state index in [1.807, 2.05) is 66.6 Å². The van der Waals surface area contributed by atoms with E-state index in [9.17, 15) is 0 Å². The van der Waals surface area contributed by atoms with Crippen molar-refractivity contribution in [2.24, 2.45) is 4.99 Å². The number of aliphatic imine (C=N–C) groups is 1. The smallest absolute Gasteiger partial charge is 0.156 e. The predicted molar refractivity (Wildman–Crippen MR) is 123 cm³/mol. The first-order chi connectivity index (χ1) is 14.7. The molecule has 1 atom stereocenters. The molecule has 0 amide bonds. The summed E-state index contributed by atoms with van der Waals surface area (Å²) < 4.78 is 1.91. The predicted octanol–water partition coefficient (Wildman–Crippen LogP) is 4.53. The Morgan fingerprint density at radius 1 is 1.33 bits per heavy atom. The van der Waals surface area contributed by atoms with E-state index in [4.69, 9.17) is 11.6 Å². The lowest BCUT2D eigenvalue weighted by molar-refractivity contribution is 0.687. The molecule has 1 aliphatic heterocycles. The Morgan fingerprint density at radius 2 is 2.17 bits per heavy atom. The molecule has 7 heteroatoms.